The molecule has 0 spiro atoms. The van der Waals surface area contributed by atoms with Crippen LogP contribution >= 0.6 is 7.82 Å². The van der Waals surface area contributed by atoms with Crippen LogP contribution in [-0.4, -0.2) is 70.0 Å². The zero-order valence-electron chi connectivity index (χ0n) is 36.7. The van der Waals surface area contributed by atoms with Crippen molar-refractivity contribution in [3.8, 4) is 0 Å². The number of carbonyl (C=O) groups excluding carboxylic acids is 2. The van der Waals surface area contributed by atoms with Gasteiger partial charge in [-0.25, -0.2) is 0 Å². The van der Waals surface area contributed by atoms with Crippen molar-refractivity contribution < 1.29 is 42.1 Å². The van der Waals surface area contributed by atoms with Gasteiger partial charge in [0.1, 0.15) is 19.8 Å². The number of ether oxygens (including phenoxy) is 2. The Bertz CT molecular complexity index is 1350. The molecule has 0 rings (SSSR count). The predicted octanol–water partition coefficient (Wildman–Crippen LogP) is 11.7. The third-order valence-electron chi connectivity index (χ3n) is 8.35. The predicted molar refractivity (Wildman–Crippen MR) is 240 cm³/mol. The van der Waals surface area contributed by atoms with Crippen LogP contribution in [0.2, 0.25) is 0 Å². The Hall–Kier alpha value is -3.33. The minimum Gasteiger partial charge on any atom is -0.756 e. The third-order valence-corrected chi connectivity index (χ3v) is 9.31. The molecule has 0 radical (unpaired) electrons. The monoisotopic (exact) mass is 828 g/mol. The molecule has 0 heterocycles. The van der Waals surface area contributed by atoms with Crippen molar-refractivity contribution in [2.75, 3.05) is 47.5 Å². The average molecular weight is 828 g/mol. The molecule has 0 fully saturated rings. The molecular weight excluding hydrogens is 750 g/mol. The second-order valence-corrected chi connectivity index (χ2v) is 16.4. The van der Waals surface area contributed by atoms with Crippen LogP contribution in [0.1, 0.15) is 129 Å². The van der Waals surface area contributed by atoms with Gasteiger partial charge < -0.3 is 27.9 Å². The van der Waals surface area contributed by atoms with Gasteiger partial charge in [-0.2, -0.15) is 0 Å². The lowest BCUT2D eigenvalue weighted by atomic mass is 10.1. The fourth-order valence-corrected chi connectivity index (χ4v) is 5.74. The van der Waals surface area contributed by atoms with Crippen molar-refractivity contribution >= 4 is 19.8 Å². The van der Waals surface area contributed by atoms with Crippen LogP contribution < -0.4 is 4.89 Å². The molecule has 10 heteroatoms. The number of quaternary nitrogens is 1. The van der Waals surface area contributed by atoms with Crippen molar-refractivity contribution in [2.24, 2.45) is 0 Å². The number of carbonyl (C=O) groups is 2. The summed E-state index contributed by atoms with van der Waals surface area (Å²) in [5.41, 5.74) is 0. The lowest BCUT2D eigenvalue weighted by Crippen LogP contribution is -2.37. The molecule has 0 amide bonds. The number of phosphoric acid groups is 1. The second kappa shape index (κ2) is 39.1. The fraction of sp³-hybridized carbons (Fsp3) is 0.583. The van der Waals surface area contributed by atoms with Crippen LogP contribution in [0.5, 0.6) is 0 Å². The lowest BCUT2D eigenvalue weighted by molar-refractivity contribution is -0.870. The molecule has 9 nitrogen and oxygen atoms in total. The molecule has 0 N–H and O–H groups in total. The molecule has 0 aliphatic rings. The van der Waals surface area contributed by atoms with E-state index in [-0.39, 0.29) is 26.1 Å². The van der Waals surface area contributed by atoms with Crippen LogP contribution in [-0.2, 0) is 32.7 Å². The third kappa shape index (κ3) is 42.3. The topological polar surface area (TPSA) is 111 Å². The van der Waals surface area contributed by atoms with Gasteiger partial charge >= 0.3 is 11.9 Å². The van der Waals surface area contributed by atoms with Crippen LogP contribution in [0.15, 0.2) is 109 Å². The van der Waals surface area contributed by atoms with Crippen molar-refractivity contribution in [1.82, 2.24) is 0 Å². The number of likely N-dealkylation sites (N-methyl/N-ethyl adjacent to an activating group) is 1. The summed E-state index contributed by atoms with van der Waals surface area (Å²) in [7, 11) is 1.10. The minimum atomic E-state index is -4.65. The number of nitrogens with zero attached hydrogens (tertiary/aromatic N) is 1. The highest BCUT2D eigenvalue weighted by atomic mass is 31.2. The summed E-state index contributed by atoms with van der Waals surface area (Å²) in [5.74, 6) is -0.924. The first kappa shape index (κ1) is 54.7. The molecule has 0 aliphatic heterocycles. The van der Waals surface area contributed by atoms with Gasteiger partial charge in [0.25, 0.3) is 7.82 Å². The Morgan fingerprint density at radius 2 is 1.02 bits per heavy atom. The Labute approximate surface area is 353 Å². The summed E-state index contributed by atoms with van der Waals surface area (Å²) in [6, 6.07) is 0. The van der Waals surface area contributed by atoms with E-state index >= 15 is 0 Å². The quantitative estimate of drug-likeness (QED) is 0.0152. The van der Waals surface area contributed by atoms with E-state index in [2.05, 4.69) is 105 Å². The Kier molecular flexibility index (Phi) is 36.9. The van der Waals surface area contributed by atoms with E-state index in [4.69, 9.17) is 18.5 Å². The van der Waals surface area contributed by atoms with E-state index in [0.29, 0.717) is 23.9 Å². The molecule has 2 unspecified atom stereocenters. The summed E-state index contributed by atoms with van der Waals surface area (Å²) in [5, 5.41) is 0. The van der Waals surface area contributed by atoms with Gasteiger partial charge in [-0.1, -0.05) is 142 Å². The van der Waals surface area contributed by atoms with Gasteiger partial charge in [0.2, 0.25) is 0 Å². The molecule has 0 aliphatic carbocycles. The summed E-state index contributed by atoms with van der Waals surface area (Å²) in [6.45, 7) is 3.86. The van der Waals surface area contributed by atoms with Gasteiger partial charge in [-0.05, 0) is 83.5 Å². The fourth-order valence-electron chi connectivity index (χ4n) is 5.01. The van der Waals surface area contributed by atoms with Gasteiger partial charge in [-0.3, -0.25) is 14.2 Å². The first-order valence-corrected chi connectivity index (χ1v) is 23.1. The second-order valence-electron chi connectivity index (χ2n) is 15.0. The zero-order chi connectivity index (χ0) is 42.8. The lowest BCUT2D eigenvalue weighted by Gasteiger charge is -2.28. The summed E-state index contributed by atoms with van der Waals surface area (Å²) < 4.78 is 33.8. The van der Waals surface area contributed by atoms with Crippen LogP contribution in [0.25, 0.3) is 0 Å². The highest BCUT2D eigenvalue weighted by Crippen LogP contribution is 2.38. The van der Waals surface area contributed by atoms with Gasteiger partial charge in [0, 0.05) is 12.8 Å². The SMILES string of the molecule is CC/C=C/C=C/C=C/CCCCCCCC(=O)OC(COC(=O)CCCC/C=C/C/C=C/C/C=C/C/C=C/C/C=C/C/C=C/CC)COP(=O)([O-])OCC[N+](C)(C)C. The number of hydrogen-bond acceptors (Lipinski definition) is 8. The van der Waals surface area contributed by atoms with Gasteiger partial charge in [-0.15, -0.1) is 0 Å². The van der Waals surface area contributed by atoms with Crippen molar-refractivity contribution in [3.63, 3.8) is 0 Å². The van der Waals surface area contributed by atoms with Crippen LogP contribution in [0, 0.1) is 0 Å². The molecule has 58 heavy (non-hydrogen) atoms. The van der Waals surface area contributed by atoms with Gasteiger partial charge in [0.05, 0.1) is 27.7 Å². The highest BCUT2D eigenvalue weighted by molar-refractivity contribution is 7.45. The zero-order valence-corrected chi connectivity index (χ0v) is 37.6. The minimum absolute atomic E-state index is 0.0493. The summed E-state index contributed by atoms with van der Waals surface area (Å²) in [6.07, 6.45) is 52.7. The Morgan fingerprint density at radius 3 is 1.60 bits per heavy atom. The summed E-state index contributed by atoms with van der Waals surface area (Å²) >= 11 is 0. The molecule has 0 aromatic heterocycles. The maximum Gasteiger partial charge on any atom is 0.306 e. The maximum absolute atomic E-state index is 12.6. The number of allylic oxidation sites excluding steroid dienone is 18. The molecule has 0 aromatic carbocycles. The van der Waals surface area contributed by atoms with E-state index in [0.717, 1.165) is 89.9 Å². The molecule has 328 valence electrons. The van der Waals surface area contributed by atoms with E-state index < -0.39 is 32.5 Å². The molecule has 0 aromatic rings. The van der Waals surface area contributed by atoms with Crippen LogP contribution in [0.4, 0.5) is 0 Å². The van der Waals surface area contributed by atoms with Crippen LogP contribution in [0.3, 0.4) is 0 Å². The highest BCUT2D eigenvalue weighted by Gasteiger charge is 2.21. The molecule has 0 saturated carbocycles. The number of esters is 2. The normalized spacial score (nSPS) is 14.7. The Morgan fingerprint density at radius 1 is 0.552 bits per heavy atom. The number of phosphoric ester groups is 1. The molecule has 0 bridgehead atoms. The van der Waals surface area contributed by atoms with E-state index in [1.165, 1.54) is 0 Å². The van der Waals surface area contributed by atoms with Crippen molar-refractivity contribution in [3.05, 3.63) is 109 Å². The van der Waals surface area contributed by atoms with Crippen molar-refractivity contribution in [2.45, 2.75) is 136 Å². The largest absolute Gasteiger partial charge is 0.756 e. The van der Waals surface area contributed by atoms with Crippen molar-refractivity contribution in [1.29, 1.82) is 0 Å². The summed E-state index contributed by atoms with van der Waals surface area (Å²) in [4.78, 5) is 37.5. The number of unbranched alkanes of at least 4 members (excludes halogenated alkanes) is 7. The standard InChI is InChI=1S/C48H78NO8P/c1-6-8-10-12-14-16-18-20-21-22-23-24-25-26-27-29-30-32-34-36-38-40-47(50)54-44-46(45-56-58(52,53)55-43-42-49(3,4)5)57-48(51)41-39-37-35-33-31-28-19-17-15-13-11-9-7-2/h8-11,13-17,19-21,23-24,26-27,30,32,46H,6-7,12,18,22,25,28-29,31,33-45H2,1-5H3/b10-8+,11-9+,15-13+,16-14+,19-17+,21-20+,24-23+,27-26+,32-30+. The smallest absolute Gasteiger partial charge is 0.306 e. The molecule has 2 atom stereocenters. The maximum atomic E-state index is 12.6. The number of rotatable bonds is 37. The first-order valence-electron chi connectivity index (χ1n) is 21.6. The average Bonchev–Trinajstić information content (AvgIpc) is 3.17. The van der Waals surface area contributed by atoms with E-state index in [1.54, 1.807) is 0 Å². The van der Waals surface area contributed by atoms with Gasteiger partial charge in [0.15, 0.2) is 6.10 Å². The van der Waals surface area contributed by atoms with E-state index in [9.17, 15) is 19.0 Å². The molecular formula is C48H78NO8P. The first-order chi connectivity index (χ1) is 28.0. The van der Waals surface area contributed by atoms with E-state index in [1.807, 2.05) is 39.4 Å². The number of hydrogen-bond donors (Lipinski definition) is 0. The molecule has 0 saturated heterocycles. The Balaban J connectivity index is 4.48.